The van der Waals surface area contributed by atoms with Gasteiger partial charge in [0, 0.05) is 24.5 Å². The van der Waals surface area contributed by atoms with Gasteiger partial charge in [0.05, 0.1) is 0 Å². The molecular formula is C11H12BrNO. The zero-order chi connectivity index (χ0) is 9.97. The summed E-state index contributed by atoms with van der Waals surface area (Å²) in [6, 6.07) is 5.98. The van der Waals surface area contributed by atoms with Crippen molar-refractivity contribution in [1.82, 2.24) is 4.98 Å². The lowest BCUT2D eigenvalue weighted by atomic mass is 9.86. The van der Waals surface area contributed by atoms with E-state index in [1.165, 1.54) is 0 Å². The lowest BCUT2D eigenvalue weighted by Crippen LogP contribution is -2.13. The first-order valence-electron chi connectivity index (χ1n) is 4.90. The van der Waals surface area contributed by atoms with Gasteiger partial charge in [0.2, 0.25) is 0 Å². The van der Waals surface area contributed by atoms with Gasteiger partial charge in [0.15, 0.2) is 0 Å². The molecule has 74 valence electrons. The first kappa shape index (κ1) is 9.84. The van der Waals surface area contributed by atoms with E-state index in [0.717, 1.165) is 36.0 Å². The minimum atomic E-state index is 0.399. The summed E-state index contributed by atoms with van der Waals surface area (Å²) in [4.78, 5) is 15.5. The van der Waals surface area contributed by atoms with Crippen LogP contribution >= 0.6 is 15.9 Å². The normalized spacial score (nSPS) is 18.5. The Morgan fingerprint density at radius 3 is 2.64 bits per heavy atom. The Hall–Kier alpha value is -0.700. The standard InChI is InChI=1S/C11H12BrNO/c12-11-3-1-2-10(13-11)8-4-6-9(14)7-5-8/h1-3,8H,4-7H2. The zero-order valence-electron chi connectivity index (χ0n) is 7.87. The van der Waals surface area contributed by atoms with Crippen LogP contribution in [0.4, 0.5) is 0 Å². The van der Waals surface area contributed by atoms with E-state index in [1.54, 1.807) is 0 Å². The van der Waals surface area contributed by atoms with Gasteiger partial charge in [0.1, 0.15) is 10.4 Å². The van der Waals surface area contributed by atoms with Gasteiger partial charge >= 0.3 is 0 Å². The van der Waals surface area contributed by atoms with E-state index in [2.05, 4.69) is 20.9 Å². The molecule has 14 heavy (non-hydrogen) atoms. The van der Waals surface area contributed by atoms with Crippen molar-refractivity contribution in [1.29, 1.82) is 0 Å². The highest BCUT2D eigenvalue weighted by molar-refractivity contribution is 9.10. The summed E-state index contributed by atoms with van der Waals surface area (Å²) in [6.45, 7) is 0. The molecule has 0 unspecified atom stereocenters. The lowest BCUT2D eigenvalue weighted by molar-refractivity contribution is -0.120. The minimum absolute atomic E-state index is 0.399. The predicted molar refractivity (Wildman–Crippen MR) is 58.2 cm³/mol. The number of Topliss-reactive ketones (excluding diaryl/α,β-unsaturated/α-hetero) is 1. The molecule has 0 N–H and O–H groups in total. The van der Waals surface area contributed by atoms with Crippen molar-refractivity contribution in [3.63, 3.8) is 0 Å². The molecule has 0 aliphatic heterocycles. The second-order valence-corrected chi connectivity index (χ2v) is 4.51. The first-order valence-corrected chi connectivity index (χ1v) is 5.69. The SMILES string of the molecule is O=C1CCC(c2cccc(Br)n2)CC1. The molecule has 0 atom stereocenters. The molecule has 1 aliphatic rings. The topological polar surface area (TPSA) is 30.0 Å². The number of pyridine rings is 1. The molecule has 1 aromatic heterocycles. The van der Waals surface area contributed by atoms with Crippen LogP contribution in [-0.2, 0) is 4.79 Å². The van der Waals surface area contributed by atoms with E-state index in [9.17, 15) is 4.79 Å². The Bertz CT molecular complexity index is 341. The second kappa shape index (κ2) is 4.22. The van der Waals surface area contributed by atoms with E-state index in [1.807, 2.05) is 18.2 Å². The van der Waals surface area contributed by atoms with Crippen molar-refractivity contribution < 1.29 is 4.79 Å². The van der Waals surface area contributed by atoms with Crippen LogP contribution in [0.5, 0.6) is 0 Å². The smallest absolute Gasteiger partial charge is 0.132 e. The highest BCUT2D eigenvalue weighted by Gasteiger charge is 2.20. The fraction of sp³-hybridized carbons (Fsp3) is 0.455. The minimum Gasteiger partial charge on any atom is -0.300 e. The molecule has 0 aromatic carbocycles. The number of nitrogens with zero attached hydrogens (tertiary/aromatic N) is 1. The molecule has 1 aromatic rings. The Balaban J connectivity index is 2.12. The molecule has 1 aliphatic carbocycles. The fourth-order valence-corrected chi connectivity index (χ4v) is 2.24. The van der Waals surface area contributed by atoms with E-state index < -0.39 is 0 Å². The number of ketones is 1. The van der Waals surface area contributed by atoms with Crippen molar-refractivity contribution in [2.75, 3.05) is 0 Å². The Morgan fingerprint density at radius 2 is 2.00 bits per heavy atom. The quantitative estimate of drug-likeness (QED) is 0.721. The number of hydrogen-bond donors (Lipinski definition) is 0. The maximum Gasteiger partial charge on any atom is 0.132 e. The summed E-state index contributed by atoms with van der Waals surface area (Å²) in [5.74, 6) is 0.876. The third kappa shape index (κ3) is 2.21. The van der Waals surface area contributed by atoms with E-state index in [4.69, 9.17) is 0 Å². The molecule has 2 nitrogen and oxygen atoms in total. The van der Waals surface area contributed by atoms with E-state index in [-0.39, 0.29) is 0 Å². The molecule has 1 saturated carbocycles. The van der Waals surface area contributed by atoms with E-state index in [0.29, 0.717) is 11.7 Å². The molecule has 0 bridgehead atoms. The molecule has 0 spiro atoms. The molecular weight excluding hydrogens is 242 g/mol. The molecule has 0 saturated heterocycles. The maximum atomic E-state index is 11.1. The molecule has 1 fully saturated rings. The van der Waals surface area contributed by atoms with Gasteiger partial charge in [-0.25, -0.2) is 4.98 Å². The van der Waals surface area contributed by atoms with Crippen molar-refractivity contribution in [2.45, 2.75) is 31.6 Å². The van der Waals surface area contributed by atoms with Crippen LogP contribution in [0.1, 0.15) is 37.3 Å². The molecule has 3 heteroatoms. The van der Waals surface area contributed by atoms with Crippen LogP contribution in [0.3, 0.4) is 0 Å². The van der Waals surface area contributed by atoms with Crippen LogP contribution < -0.4 is 0 Å². The van der Waals surface area contributed by atoms with Crippen LogP contribution in [0.15, 0.2) is 22.8 Å². The summed E-state index contributed by atoms with van der Waals surface area (Å²) in [5, 5.41) is 0. The van der Waals surface area contributed by atoms with Crippen LogP contribution in [0.2, 0.25) is 0 Å². The van der Waals surface area contributed by atoms with Crippen LogP contribution in [-0.4, -0.2) is 10.8 Å². The number of carbonyl (C=O) groups is 1. The van der Waals surface area contributed by atoms with Crippen molar-refractivity contribution in [2.24, 2.45) is 0 Å². The average Bonchev–Trinajstić information content (AvgIpc) is 2.19. The van der Waals surface area contributed by atoms with Gasteiger partial charge in [-0.3, -0.25) is 4.79 Å². The molecule has 2 rings (SSSR count). The monoisotopic (exact) mass is 253 g/mol. The molecule has 1 heterocycles. The summed E-state index contributed by atoms with van der Waals surface area (Å²) >= 11 is 3.36. The highest BCUT2D eigenvalue weighted by atomic mass is 79.9. The van der Waals surface area contributed by atoms with Gasteiger partial charge in [-0.05, 0) is 40.9 Å². The summed E-state index contributed by atoms with van der Waals surface area (Å²) in [5.41, 5.74) is 1.12. The molecule has 0 radical (unpaired) electrons. The highest BCUT2D eigenvalue weighted by Crippen LogP contribution is 2.30. The average molecular weight is 254 g/mol. The van der Waals surface area contributed by atoms with Gasteiger partial charge in [-0.2, -0.15) is 0 Å². The Kier molecular flexibility index (Phi) is 2.96. The summed E-state index contributed by atoms with van der Waals surface area (Å²) in [7, 11) is 0. The molecule has 0 amide bonds. The third-order valence-electron chi connectivity index (χ3n) is 2.70. The van der Waals surface area contributed by atoms with E-state index >= 15 is 0 Å². The van der Waals surface area contributed by atoms with Crippen molar-refractivity contribution >= 4 is 21.7 Å². The number of carbonyl (C=O) groups excluding carboxylic acids is 1. The lowest BCUT2D eigenvalue weighted by Gasteiger charge is -2.20. The van der Waals surface area contributed by atoms with Gasteiger partial charge < -0.3 is 0 Å². The number of hydrogen-bond acceptors (Lipinski definition) is 2. The number of halogens is 1. The van der Waals surface area contributed by atoms with Crippen molar-refractivity contribution in [3.8, 4) is 0 Å². The number of aromatic nitrogens is 1. The van der Waals surface area contributed by atoms with Gasteiger partial charge in [-0.15, -0.1) is 0 Å². The zero-order valence-corrected chi connectivity index (χ0v) is 9.46. The largest absolute Gasteiger partial charge is 0.300 e. The Morgan fingerprint density at radius 1 is 1.29 bits per heavy atom. The fourth-order valence-electron chi connectivity index (χ4n) is 1.89. The van der Waals surface area contributed by atoms with Crippen molar-refractivity contribution in [3.05, 3.63) is 28.5 Å². The Labute approximate surface area is 91.9 Å². The maximum absolute atomic E-state index is 11.1. The third-order valence-corrected chi connectivity index (χ3v) is 3.14. The predicted octanol–water partition coefficient (Wildman–Crippen LogP) is 3.07. The van der Waals surface area contributed by atoms with Gasteiger partial charge in [0.25, 0.3) is 0 Å². The first-order chi connectivity index (χ1) is 6.75. The summed E-state index contributed by atoms with van der Waals surface area (Å²) < 4.78 is 0.881. The van der Waals surface area contributed by atoms with Crippen LogP contribution in [0, 0.1) is 0 Å². The second-order valence-electron chi connectivity index (χ2n) is 3.70. The van der Waals surface area contributed by atoms with Gasteiger partial charge in [-0.1, -0.05) is 6.07 Å². The number of rotatable bonds is 1. The van der Waals surface area contributed by atoms with Crippen LogP contribution in [0.25, 0.3) is 0 Å². The summed E-state index contributed by atoms with van der Waals surface area (Å²) in [6.07, 6.45) is 3.36.